The molecule has 0 radical (unpaired) electrons. The number of alkyl halides is 1. The molecule has 1 saturated heterocycles. The van der Waals surface area contributed by atoms with E-state index < -0.39 is 6.17 Å². The maximum absolute atomic E-state index is 13.6. The number of ether oxygens (including phenoxy) is 1. The molecule has 0 aliphatic carbocycles. The number of thioether (sulfide) groups is 1. The van der Waals surface area contributed by atoms with Crippen LogP contribution in [0.5, 0.6) is 0 Å². The lowest BCUT2D eigenvalue weighted by Gasteiger charge is -2.26. The summed E-state index contributed by atoms with van der Waals surface area (Å²) in [5.41, 5.74) is 2.32. The molecular weight excluding hydrogens is 253 g/mol. The van der Waals surface area contributed by atoms with Crippen molar-refractivity contribution in [2.45, 2.75) is 24.4 Å². The Hall–Kier alpha value is -0.880. The summed E-state index contributed by atoms with van der Waals surface area (Å²) < 4.78 is 18.8. The Bertz CT molecular complexity index is 445. The molecule has 3 rings (SSSR count). The Morgan fingerprint density at radius 3 is 3.11 bits per heavy atom. The molecule has 2 aliphatic heterocycles. The predicted octanol–water partition coefficient (Wildman–Crippen LogP) is 1.44. The number of fused-ring (bicyclic) bond motifs is 1. The van der Waals surface area contributed by atoms with E-state index in [0.29, 0.717) is 6.61 Å². The first-order chi connectivity index (χ1) is 8.75. The molecule has 4 nitrogen and oxygen atoms in total. The van der Waals surface area contributed by atoms with Gasteiger partial charge in [-0.3, -0.25) is 0 Å². The van der Waals surface area contributed by atoms with E-state index >= 15 is 0 Å². The lowest BCUT2D eigenvalue weighted by atomic mass is 10.1. The Morgan fingerprint density at radius 1 is 1.44 bits per heavy atom. The zero-order valence-corrected chi connectivity index (χ0v) is 11.1. The molecule has 3 heterocycles. The van der Waals surface area contributed by atoms with E-state index in [4.69, 9.17) is 4.74 Å². The second-order valence-electron chi connectivity index (χ2n) is 4.71. The summed E-state index contributed by atoms with van der Waals surface area (Å²) in [5, 5.41) is 8.48. The number of likely N-dealkylation sites (N-methyl/N-ethyl adjacent to an activating group) is 1. The Kier molecular flexibility index (Phi) is 3.39. The quantitative estimate of drug-likeness (QED) is 0.812. The van der Waals surface area contributed by atoms with Gasteiger partial charge in [0.25, 0.3) is 0 Å². The van der Waals surface area contributed by atoms with Crippen LogP contribution in [0.15, 0.2) is 6.07 Å². The molecule has 98 valence electrons. The van der Waals surface area contributed by atoms with E-state index in [2.05, 4.69) is 10.2 Å². The van der Waals surface area contributed by atoms with Gasteiger partial charge in [-0.15, -0.1) is 5.10 Å². The molecule has 0 spiro atoms. The van der Waals surface area contributed by atoms with Crippen molar-refractivity contribution in [3.63, 3.8) is 0 Å². The van der Waals surface area contributed by atoms with Gasteiger partial charge in [-0.05, 0) is 17.4 Å². The number of anilines is 1. The van der Waals surface area contributed by atoms with Crippen LogP contribution in [0.4, 0.5) is 10.2 Å². The van der Waals surface area contributed by atoms with E-state index in [1.54, 1.807) is 0 Å². The van der Waals surface area contributed by atoms with Gasteiger partial charge in [-0.2, -0.15) is 16.9 Å². The number of hydrogen-bond donors (Lipinski definition) is 0. The minimum Gasteiger partial charge on any atom is -0.376 e. The van der Waals surface area contributed by atoms with Crippen molar-refractivity contribution < 1.29 is 9.13 Å². The SMILES string of the molecule is CN(c1cc2c(nn1)CCSC2)C1COCC1F. The first kappa shape index (κ1) is 12.2. The second kappa shape index (κ2) is 5.01. The first-order valence-corrected chi connectivity index (χ1v) is 7.29. The summed E-state index contributed by atoms with van der Waals surface area (Å²) in [6.07, 6.45) is 0.0390. The van der Waals surface area contributed by atoms with Gasteiger partial charge in [0.05, 0.1) is 24.9 Å². The van der Waals surface area contributed by atoms with Crippen LogP contribution in [-0.2, 0) is 16.9 Å². The number of aryl methyl sites for hydroxylation is 1. The molecule has 2 aliphatic rings. The van der Waals surface area contributed by atoms with Crippen molar-refractivity contribution in [2.75, 3.05) is 30.9 Å². The summed E-state index contributed by atoms with van der Waals surface area (Å²) in [7, 11) is 1.86. The van der Waals surface area contributed by atoms with Gasteiger partial charge in [-0.25, -0.2) is 4.39 Å². The number of nitrogens with zero attached hydrogens (tertiary/aromatic N) is 3. The zero-order chi connectivity index (χ0) is 12.5. The highest BCUT2D eigenvalue weighted by Crippen LogP contribution is 2.26. The minimum atomic E-state index is -0.942. The molecule has 18 heavy (non-hydrogen) atoms. The van der Waals surface area contributed by atoms with Gasteiger partial charge in [0, 0.05) is 19.2 Å². The van der Waals surface area contributed by atoms with Crippen LogP contribution in [0.2, 0.25) is 0 Å². The van der Waals surface area contributed by atoms with E-state index in [1.165, 1.54) is 5.56 Å². The molecule has 1 aromatic rings. The minimum absolute atomic E-state index is 0.184. The third kappa shape index (κ3) is 2.19. The van der Waals surface area contributed by atoms with E-state index in [9.17, 15) is 4.39 Å². The summed E-state index contributed by atoms with van der Waals surface area (Å²) in [4.78, 5) is 1.85. The average molecular weight is 269 g/mol. The Morgan fingerprint density at radius 2 is 2.33 bits per heavy atom. The smallest absolute Gasteiger partial charge is 0.151 e. The van der Waals surface area contributed by atoms with Crippen LogP contribution in [-0.4, -0.2) is 48.4 Å². The number of hydrogen-bond acceptors (Lipinski definition) is 5. The number of aromatic nitrogens is 2. The lowest BCUT2D eigenvalue weighted by molar-refractivity contribution is 0.173. The molecular formula is C12H16FN3OS. The van der Waals surface area contributed by atoms with Crippen LogP contribution in [0, 0.1) is 0 Å². The fourth-order valence-electron chi connectivity index (χ4n) is 2.34. The molecule has 6 heteroatoms. The highest BCUT2D eigenvalue weighted by Gasteiger charge is 2.32. The third-order valence-electron chi connectivity index (χ3n) is 3.53. The van der Waals surface area contributed by atoms with Crippen LogP contribution in [0.1, 0.15) is 11.3 Å². The highest BCUT2D eigenvalue weighted by atomic mass is 32.2. The van der Waals surface area contributed by atoms with Crippen molar-refractivity contribution in [3.8, 4) is 0 Å². The van der Waals surface area contributed by atoms with E-state index in [-0.39, 0.29) is 12.6 Å². The fraction of sp³-hybridized carbons (Fsp3) is 0.667. The van der Waals surface area contributed by atoms with Gasteiger partial charge < -0.3 is 9.64 Å². The van der Waals surface area contributed by atoms with Gasteiger partial charge in [0.1, 0.15) is 6.17 Å². The summed E-state index contributed by atoms with van der Waals surface area (Å²) in [6, 6.07) is 1.80. The van der Waals surface area contributed by atoms with Gasteiger partial charge >= 0.3 is 0 Å². The zero-order valence-electron chi connectivity index (χ0n) is 10.3. The van der Waals surface area contributed by atoms with Crippen molar-refractivity contribution >= 4 is 17.6 Å². The maximum atomic E-state index is 13.6. The largest absolute Gasteiger partial charge is 0.376 e. The summed E-state index contributed by atoms with van der Waals surface area (Å²) in [6.45, 7) is 0.606. The second-order valence-corrected chi connectivity index (χ2v) is 5.81. The number of halogens is 1. The molecule has 1 aromatic heterocycles. The van der Waals surface area contributed by atoms with Crippen molar-refractivity contribution in [1.29, 1.82) is 0 Å². The van der Waals surface area contributed by atoms with E-state index in [0.717, 1.165) is 29.4 Å². The lowest BCUT2D eigenvalue weighted by Crippen LogP contribution is -2.39. The van der Waals surface area contributed by atoms with Crippen LogP contribution < -0.4 is 4.90 Å². The maximum Gasteiger partial charge on any atom is 0.151 e. The molecule has 0 amide bonds. The van der Waals surface area contributed by atoms with Gasteiger partial charge in [0.15, 0.2) is 5.82 Å². The van der Waals surface area contributed by atoms with Gasteiger partial charge in [-0.1, -0.05) is 0 Å². The third-order valence-corrected chi connectivity index (χ3v) is 4.54. The van der Waals surface area contributed by atoms with Gasteiger partial charge in [0.2, 0.25) is 0 Å². The highest BCUT2D eigenvalue weighted by molar-refractivity contribution is 7.98. The molecule has 2 atom stereocenters. The standard InChI is InChI=1S/C12H16FN3OS/c1-16(11-6-17-5-9(11)13)12-4-8-7-18-3-2-10(8)14-15-12/h4,9,11H,2-3,5-7H2,1H3. The topological polar surface area (TPSA) is 38.2 Å². The molecule has 0 bridgehead atoms. The molecule has 2 unspecified atom stereocenters. The Labute approximate surface area is 110 Å². The van der Waals surface area contributed by atoms with Crippen LogP contribution in [0.25, 0.3) is 0 Å². The molecule has 1 fully saturated rings. The van der Waals surface area contributed by atoms with Crippen molar-refractivity contribution in [2.24, 2.45) is 0 Å². The Balaban J connectivity index is 1.83. The van der Waals surface area contributed by atoms with Crippen molar-refractivity contribution in [1.82, 2.24) is 10.2 Å². The van der Waals surface area contributed by atoms with E-state index in [1.807, 2.05) is 29.8 Å². The van der Waals surface area contributed by atoms with Crippen LogP contribution >= 0.6 is 11.8 Å². The fourth-order valence-corrected chi connectivity index (χ4v) is 3.30. The molecule has 0 saturated carbocycles. The average Bonchev–Trinajstić information content (AvgIpc) is 2.83. The normalized spacial score (nSPS) is 27.0. The van der Waals surface area contributed by atoms with Crippen molar-refractivity contribution in [3.05, 3.63) is 17.3 Å². The summed E-state index contributed by atoms with van der Waals surface area (Å²) >= 11 is 1.91. The summed E-state index contributed by atoms with van der Waals surface area (Å²) in [5.74, 6) is 2.83. The van der Waals surface area contributed by atoms with Crippen LogP contribution in [0.3, 0.4) is 0 Å². The molecule has 0 N–H and O–H groups in total. The number of rotatable bonds is 2. The molecule has 0 aromatic carbocycles. The first-order valence-electron chi connectivity index (χ1n) is 6.13. The monoisotopic (exact) mass is 269 g/mol. The predicted molar refractivity (Wildman–Crippen MR) is 69.8 cm³/mol.